The Bertz CT molecular complexity index is 566. The zero-order valence-electron chi connectivity index (χ0n) is 9.75. The molecule has 0 radical (unpaired) electrons. The van der Waals surface area contributed by atoms with Crippen molar-refractivity contribution in [1.82, 2.24) is 24.7 Å². The van der Waals surface area contributed by atoms with Crippen molar-refractivity contribution in [3.63, 3.8) is 0 Å². The summed E-state index contributed by atoms with van der Waals surface area (Å²) in [5.41, 5.74) is 1.81. The highest BCUT2D eigenvalue weighted by Crippen LogP contribution is 2.08. The highest BCUT2D eigenvalue weighted by Gasteiger charge is 2.10. The number of aryl methyl sites for hydroxylation is 2. The third-order valence-corrected chi connectivity index (χ3v) is 2.45. The van der Waals surface area contributed by atoms with Gasteiger partial charge in [0.25, 0.3) is 5.95 Å². The molecule has 86 valence electrons. The maximum Gasteiger partial charge on any atom is 0.256 e. The first-order chi connectivity index (χ1) is 8.30. The lowest BCUT2D eigenvalue weighted by Crippen LogP contribution is -2.10. The molecule has 0 aliphatic rings. The monoisotopic (exact) mass is 228 g/mol. The molecular weight excluding hydrogens is 216 g/mol. The molecule has 0 bridgehead atoms. The number of nitriles is 1. The number of hydrogen-bond donors (Lipinski definition) is 0. The Labute approximate surface area is 99.0 Å². The third kappa shape index (κ3) is 1.99. The summed E-state index contributed by atoms with van der Waals surface area (Å²) < 4.78 is 1.53. The van der Waals surface area contributed by atoms with Crippen LogP contribution in [0, 0.1) is 11.3 Å². The number of aromatic nitrogens is 5. The first-order valence-corrected chi connectivity index (χ1v) is 5.46. The fraction of sp³-hybridized carbons (Fsp3) is 0.364. The van der Waals surface area contributed by atoms with E-state index in [1.807, 2.05) is 19.9 Å². The predicted molar refractivity (Wildman–Crippen MR) is 60.4 cm³/mol. The quantitative estimate of drug-likeness (QED) is 0.784. The van der Waals surface area contributed by atoms with Crippen molar-refractivity contribution in [2.24, 2.45) is 0 Å². The van der Waals surface area contributed by atoms with Gasteiger partial charge in [-0.3, -0.25) is 4.57 Å². The maximum atomic E-state index is 8.89. The van der Waals surface area contributed by atoms with Crippen LogP contribution in [0.1, 0.15) is 31.1 Å². The molecule has 0 amide bonds. The Hall–Kier alpha value is -2.29. The second kappa shape index (κ2) is 4.70. The van der Waals surface area contributed by atoms with Crippen molar-refractivity contribution in [1.29, 1.82) is 5.26 Å². The minimum Gasteiger partial charge on any atom is -0.258 e. The molecule has 0 fully saturated rings. The topological polar surface area (TPSA) is 80.3 Å². The average molecular weight is 228 g/mol. The first-order valence-electron chi connectivity index (χ1n) is 5.46. The number of imidazole rings is 1. The molecule has 0 N–H and O–H groups in total. The zero-order valence-corrected chi connectivity index (χ0v) is 9.75. The lowest BCUT2D eigenvalue weighted by molar-refractivity contribution is 0.769. The van der Waals surface area contributed by atoms with Gasteiger partial charge in [-0.2, -0.15) is 5.26 Å². The van der Waals surface area contributed by atoms with Gasteiger partial charge in [0.05, 0.1) is 11.4 Å². The lowest BCUT2D eigenvalue weighted by atomic mass is 10.2. The van der Waals surface area contributed by atoms with Crippen molar-refractivity contribution in [3.05, 3.63) is 29.6 Å². The average Bonchev–Trinajstić information content (AvgIpc) is 2.86. The van der Waals surface area contributed by atoms with Gasteiger partial charge >= 0.3 is 0 Å². The van der Waals surface area contributed by atoms with Crippen LogP contribution in [-0.2, 0) is 12.8 Å². The molecule has 0 saturated heterocycles. The summed E-state index contributed by atoms with van der Waals surface area (Å²) in [4.78, 5) is 8.31. The Morgan fingerprint density at radius 2 is 2.00 bits per heavy atom. The Morgan fingerprint density at radius 1 is 1.24 bits per heavy atom. The largest absolute Gasteiger partial charge is 0.258 e. The molecule has 0 aliphatic carbocycles. The van der Waals surface area contributed by atoms with E-state index in [0.717, 1.165) is 24.2 Å². The van der Waals surface area contributed by atoms with Crippen LogP contribution in [-0.4, -0.2) is 24.7 Å². The molecule has 6 heteroatoms. The SMILES string of the molecule is CCc1nnc(-n2ccnc2C#N)nc1CC. The number of hydrogen-bond acceptors (Lipinski definition) is 5. The van der Waals surface area contributed by atoms with E-state index in [4.69, 9.17) is 5.26 Å². The van der Waals surface area contributed by atoms with Crippen molar-refractivity contribution >= 4 is 0 Å². The van der Waals surface area contributed by atoms with Crippen LogP contribution in [0.2, 0.25) is 0 Å². The molecular formula is C11H12N6. The summed E-state index contributed by atoms with van der Waals surface area (Å²) in [6.45, 7) is 4.04. The van der Waals surface area contributed by atoms with Gasteiger partial charge in [-0.05, 0) is 12.8 Å². The standard InChI is InChI=1S/C11H12N6/c1-3-8-9(4-2)15-16-11(14-8)17-6-5-13-10(17)7-12/h5-6H,3-4H2,1-2H3. The van der Waals surface area contributed by atoms with E-state index >= 15 is 0 Å². The summed E-state index contributed by atoms with van der Waals surface area (Å²) in [6.07, 6.45) is 4.79. The van der Waals surface area contributed by atoms with E-state index in [-0.39, 0.29) is 5.82 Å². The third-order valence-electron chi connectivity index (χ3n) is 2.45. The van der Waals surface area contributed by atoms with Gasteiger partial charge in [-0.1, -0.05) is 13.8 Å². The lowest BCUT2D eigenvalue weighted by Gasteiger charge is -2.06. The van der Waals surface area contributed by atoms with Crippen LogP contribution in [0.4, 0.5) is 0 Å². The normalized spacial score (nSPS) is 10.2. The smallest absolute Gasteiger partial charge is 0.256 e. The fourth-order valence-corrected chi connectivity index (χ4v) is 1.58. The Kier molecular flexibility index (Phi) is 3.10. The molecule has 0 aromatic carbocycles. The molecule has 0 atom stereocenters. The molecule has 2 heterocycles. The summed E-state index contributed by atoms with van der Waals surface area (Å²) >= 11 is 0. The van der Waals surface area contributed by atoms with E-state index in [1.165, 1.54) is 4.57 Å². The molecule has 2 rings (SSSR count). The molecule has 0 unspecified atom stereocenters. The van der Waals surface area contributed by atoms with Crippen LogP contribution < -0.4 is 0 Å². The van der Waals surface area contributed by atoms with Crippen LogP contribution >= 0.6 is 0 Å². The molecule has 2 aromatic heterocycles. The molecule has 2 aromatic rings. The van der Waals surface area contributed by atoms with Crippen molar-refractivity contribution in [2.75, 3.05) is 0 Å². The van der Waals surface area contributed by atoms with E-state index in [9.17, 15) is 0 Å². The number of nitrogens with zero attached hydrogens (tertiary/aromatic N) is 6. The highest BCUT2D eigenvalue weighted by atomic mass is 15.3. The highest BCUT2D eigenvalue weighted by molar-refractivity contribution is 5.24. The first kappa shape index (κ1) is 11.2. The minimum atomic E-state index is 0.262. The van der Waals surface area contributed by atoms with Crippen LogP contribution in [0.25, 0.3) is 5.95 Å². The van der Waals surface area contributed by atoms with E-state index in [2.05, 4.69) is 20.2 Å². The van der Waals surface area contributed by atoms with Gasteiger partial charge < -0.3 is 0 Å². The minimum absolute atomic E-state index is 0.262. The van der Waals surface area contributed by atoms with Gasteiger partial charge in [0, 0.05) is 12.4 Å². The van der Waals surface area contributed by atoms with E-state index < -0.39 is 0 Å². The predicted octanol–water partition coefficient (Wildman–Crippen LogP) is 1.05. The van der Waals surface area contributed by atoms with Crippen LogP contribution in [0.5, 0.6) is 0 Å². The van der Waals surface area contributed by atoms with Gasteiger partial charge in [0.1, 0.15) is 6.07 Å². The van der Waals surface area contributed by atoms with Gasteiger partial charge in [-0.15, -0.1) is 10.2 Å². The fourth-order valence-electron chi connectivity index (χ4n) is 1.58. The summed E-state index contributed by atoms with van der Waals surface area (Å²) in [5.74, 6) is 0.659. The molecule has 0 saturated carbocycles. The summed E-state index contributed by atoms with van der Waals surface area (Å²) in [7, 11) is 0. The second-order valence-corrected chi connectivity index (χ2v) is 3.44. The summed E-state index contributed by atoms with van der Waals surface area (Å²) in [6, 6.07) is 1.98. The van der Waals surface area contributed by atoms with Gasteiger partial charge in [0.15, 0.2) is 0 Å². The Morgan fingerprint density at radius 3 is 2.65 bits per heavy atom. The maximum absolute atomic E-state index is 8.89. The molecule has 17 heavy (non-hydrogen) atoms. The van der Waals surface area contributed by atoms with Crippen LogP contribution in [0.3, 0.4) is 0 Å². The second-order valence-electron chi connectivity index (χ2n) is 3.44. The molecule has 0 spiro atoms. The van der Waals surface area contributed by atoms with Crippen molar-refractivity contribution in [3.8, 4) is 12.0 Å². The van der Waals surface area contributed by atoms with E-state index in [0.29, 0.717) is 5.95 Å². The summed E-state index contributed by atoms with van der Waals surface area (Å²) in [5, 5.41) is 17.0. The van der Waals surface area contributed by atoms with E-state index in [1.54, 1.807) is 12.4 Å². The zero-order chi connectivity index (χ0) is 12.3. The van der Waals surface area contributed by atoms with Gasteiger partial charge in [-0.25, -0.2) is 9.97 Å². The Balaban J connectivity index is 2.51. The van der Waals surface area contributed by atoms with Crippen LogP contribution in [0.15, 0.2) is 12.4 Å². The van der Waals surface area contributed by atoms with Crippen molar-refractivity contribution < 1.29 is 0 Å². The molecule has 0 aliphatic heterocycles. The van der Waals surface area contributed by atoms with Crippen molar-refractivity contribution in [2.45, 2.75) is 26.7 Å². The molecule has 6 nitrogen and oxygen atoms in total. The van der Waals surface area contributed by atoms with Gasteiger partial charge in [0.2, 0.25) is 5.82 Å². The number of rotatable bonds is 3.